The van der Waals surface area contributed by atoms with Gasteiger partial charge in [0, 0.05) is 57.5 Å². The van der Waals surface area contributed by atoms with Gasteiger partial charge in [-0.2, -0.15) is 0 Å². The number of hydrogen-bond acceptors (Lipinski definition) is 6. The summed E-state index contributed by atoms with van der Waals surface area (Å²) in [6, 6.07) is 5.63. The number of hydrogen-bond donors (Lipinski definition) is 0. The fraction of sp³-hybridized carbons (Fsp3) is 0.474. The standard InChI is InChI=1S/C19H23N5O2/c25-19(24-9-1-2-10-24)15-3-4-17(21-13-15)23-11-6-16(7-12-23)26-18-5-8-20-14-22-18/h3-5,8,13-14,16H,1-2,6-7,9-12H2. The Morgan fingerprint density at radius 2 is 1.85 bits per heavy atom. The summed E-state index contributed by atoms with van der Waals surface area (Å²) in [5, 5.41) is 0. The molecule has 2 aliphatic rings. The minimum absolute atomic E-state index is 0.0958. The van der Waals surface area contributed by atoms with E-state index >= 15 is 0 Å². The fourth-order valence-corrected chi connectivity index (χ4v) is 3.52. The zero-order valence-corrected chi connectivity index (χ0v) is 14.8. The Bertz CT molecular complexity index is 723. The van der Waals surface area contributed by atoms with Gasteiger partial charge in [0.05, 0.1) is 5.56 Å². The van der Waals surface area contributed by atoms with Crippen molar-refractivity contribution in [1.29, 1.82) is 0 Å². The molecule has 7 nitrogen and oxygen atoms in total. The molecule has 0 N–H and O–H groups in total. The van der Waals surface area contributed by atoms with Gasteiger partial charge < -0.3 is 14.5 Å². The molecule has 0 aromatic carbocycles. The van der Waals surface area contributed by atoms with Crippen molar-refractivity contribution >= 4 is 11.7 Å². The lowest BCUT2D eigenvalue weighted by Gasteiger charge is -2.32. The van der Waals surface area contributed by atoms with E-state index in [1.807, 2.05) is 17.0 Å². The molecule has 7 heteroatoms. The van der Waals surface area contributed by atoms with Gasteiger partial charge in [-0.15, -0.1) is 0 Å². The van der Waals surface area contributed by atoms with Crippen LogP contribution >= 0.6 is 0 Å². The van der Waals surface area contributed by atoms with Gasteiger partial charge in [0.1, 0.15) is 18.2 Å². The Balaban J connectivity index is 1.32. The quantitative estimate of drug-likeness (QED) is 0.839. The van der Waals surface area contributed by atoms with Crippen molar-refractivity contribution in [1.82, 2.24) is 19.9 Å². The van der Waals surface area contributed by atoms with Gasteiger partial charge in [-0.1, -0.05) is 0 Å². The number of pyridine rings is 1. The molecular weight excluding hydrogens is 330 g/mol. The highest BCUT2D eigenvalue weighted by molar-refractivity contribution is 5.94. The Morgan fingerprint density at radius 1 is 1.04 bits per heavy atom. The first-order valence-electron chi connectivity index (χ1n) is 9.22. The van der Waals surface area contributed by atoms with Crippen molar-refractivity contribution in [2.45, 2.75) is 31.8 Å². The van der Waals surface area contributed by atoms with E-state index in [2.05, 4.69) is 19.9 Å². The number of aromatic nitrogens is 3. The van der Waals surface area contributed by atoms with Crippen LogP contribution in [0.5, 0.6) is 5.88 Å². The highest BCUT2D eigenvalue weighted by Gasteiger charge is 2.23. The maximum Gasteiger partial charge on any atom is 0.255 e. The molecule has 0 unspecified atom stereocenters. The van der Waals surface area contributed by atoms with Gasteiger partial charge in [-0.05, 0) is 25.0 Å². The lowest BCUT2D eigenvalue weighted by molar-refractivity contribution is 0.0792. The smallest absolute Gasteiger partial charge is 0.255 e. The van der Waals surface area contributed by atoms with Crippen LogP contribution in [0, 0.1) is 0 Å². The van der Waals surface area contributed by atoms with E-state index in [1.54, 1.807) is 18.5 Å². The molecule has 2 aromatic rings. The van der Waals surface area contributed by atoms with Crippen LogP contribution < -0.4 is 9.64 Å². The topological polar surface area (TPSA) is 71.5 Å². The zero-order valence-electron chi connectivity index (χ0n) is 14.8. The van der Waals surface area contributed by atoms with Crippen LogP contribution in [0.15, 0.2) is 36.9 Å². The van der Waals surface area contributed by atoms with Crippen molar-refractivity contribution in [2.24, 2.45) is 0 Å². The number of carbonyl (C=O) groups excluding carboxylic acids is 1. The molecule has 26 heavy (non-hydrogen) atoms. The molecule has 0 bridgehead atoms. The molecule has 0 spiro atoms. The molecule has 4 heterocycles. The fourth-order valence-electron chi connectivity index (χ4n) is 3.52. The molecule has 2 saturated heterocycles. The van der Waals surface area contributed by atoms with Crippen molar-refractivity contribution in [3.8, 4) is 5.88 Å². The molecule has 1 amide bonds. The van der Waals surface area contributed by atoms with E-state index < -0.39 is 0 Å². The van der Waals surface area contributed by atoms with Gasteiger partial charge in [-0.3, -0.25) is 4.79 Å². The van der Waals surface area contributed by atoms with Crippen molar-refractivity contribution in [2.75, 3.05) is 31.1 Å². The minimum Gasteiger partial charge on any atom is -0.474 e. The summed E-state index contributed by atoms with van der Waals surface area (Å²) >= 11 is 0. The summed E-state index contributed by atoms with van der Waals surface area (Å²) in [5.41, 5.74) is 0.678. The van der Waals surface area contributed by atoms with Crippen LogP contribution in [-0.4, -0.2) is 58.0 Å². The first-order chi connectivity index (χ1) is 12.8. The van der Waals surface area contributed by atoms with Crippen molar-refractivity contribution in [3.63, 3.8) is 0 Å². The summed E-state index contributed by atoms with van der Waals surface area (Å²) in [5.74, 6) is 1.64. The second-order valence-electron chi connectivity index (χ2n) is 6.76. The second-order valence-corrected chi connectivity index (χ2v) is 6.76. The van der Waals surface area contributed by atoms with E-state index in [-0.39, 0.29) is 12.0 Å². The summed E-state index contributed by atoms with van der Waals surface area (Å²) in [6.07, 6.45) is 9.09. The summed E-state index contributed by atoms with van der Waals surface area (Å²) in [7, 11) is 0. The van der Waals surface area contributed by atoms with Gasteiger partial charge in [0.2, 0.25) is 5.88 Å². The average molecular weight is 353 g/mol. The van der Waals surface area contributed by atoms with E-state index in [9.17, 15) is 4.79 Å². The molecule has 2 fully saturated rings. The van der Waals surface area contributed by atoms with Crippen LogP contribution in [-0.2, 0) is 0 Å². The summed E-state index contributed by atoms with van der Waals surface area (Å²) < 4.78 is 5.90. The van der Waals surface area contributed by atoms with Crippen molar-refractivity contribution < 1.29 is 9.53 Å². The monoisotopic (exact) mass is 353 g/mol. The third-order valence-corrected chi connectivity index (χ3v) is 5.00. The molecule has 136 valence electrons. The van der Waals surface area contributed by atoms with E-state index in [4.69, 9.17) is 4.74 Å². The van der Waals surface area contributed by atoms with Crippen LogP contribution in [0.25, 0.3) is 0 Å². The van der Waals surface area contributed by atoms with Gasteiger partial charge >= 0.3 is 0 Å². The summed E-state index contributed by atoms with van der Waals surface area (Å²) in [4.78, 5) is 29.1. The largest absolute Gasteiger partial charge is 0.474 e. The first kappa shape index (κ1) is 16.8. The summed E-state index contributed by atoms with van der Waals surface area (Å²) in [6.45, 7) is 3.48. The van der Waals surface area contributed by atoms with E-state index in [0.717, 1.165) is 57.7 Å². The number of carbonyl (C=O) groups is 1. The predicted molar refractivity (Wildman–Crippen MR) is 97.3 cm³/mol. The minimum atomic E-state index is 0.0958. The highest BCUT2D eigenvalue weighted by atomic mass is 16.5. The zero-order chi connectivity index (χ0) is 17.8. The number of nitrogens with zero attached hydrogens (tertiary/aromatic N) is 5. The Labute approximate surface area is 153 Å². The Hall–Kier alpha value is -2.70. The molecule has 0 radical (unpaired) electrons. The normalized spacial score (nSPS) is 18.2. The molecule has 0 saturated carbocycles. The van der Waals surface area contributed by atoms with Gasteiger partial charge in [-0.25, -0.2) is 15.0 Å². The number of rotatable bonds is 4. The Morgan fingerprint density at radius 3 is 2.50 bits per heavy atom. The lowest BCUT2D eigenvalue weighted by Crippen LogP contribution is -2.38. The number of amides is 1. The molecule has 0 atom stereocenters. The molecular formula is C19H23N5O2. The van der Waals surface area contributed by atoms with Gasteiger partial charge in [0.15, 0.2) is 0 Å². The first-order valence-corrected chi connectivity index (χ1v) is 9.22. The molecule has 2 aliphatic heterocycles. The molecule has 2 aromatic heterocycles. The number of ether oxygens (including phenoxy) is 1. The Kier molecular flexibility index (Phi) is 4.95. The highest BCUT2D eigenvalue weighted by Crippen LogP contribution is 2.21. The third-order valence-electron chi connectivity index (χ3n) is 5.00. The maximum atomic E-state index is 12.4. The van der Waals surface area contributed by atoms with E-state index in [1.165, 1.54) is 6.33 Å². The van der Waals surface area contributed by atoms with Crippen LogP contribution in [0.2, 0.25) is 0 Å². The number of piperidine rings is 1. The average Bonchev–Trinajstić information content (AvgIpc) is 3.24. The molecule has 0 aliphatic carbocycles. The third kappa shape index (κ3) is 3.76. The SMILES string of the molecule is O=C(c1ccc(N2CCC(Oc3ccncn3)CC2)nc1)N1CCCC1. The van der Waals surface area contributed by atoms with E-state index in [0.29, 0.717) is 11.4 Å². The molecule has 4 rings (SSSR count). The van der Waals surface area contributed by atoms with Gasteiger partial charge in [0.25, 0.3) is 5.91 Å². The number of likely N-dealkylation sites (tertiary alicyclic amines) is 1. The lowest BCUT2D eigenvalue weighted by atomic mass is 10.1. The maximum absolute atomic E-state index is 12.4. The van der Waals surface area contributed by atoms with Crippen LogP contribution in [0.4, 0.5) is 5.82 Å². The predicted octanol–water partition coefficient (Wildman–Crippen LogP) is 2.16. The van der Waals surface area contributed by atoms with Crippen LogP contribution in [0.1, 0.15) is 36.0 Å². The second kappa shape index (κ2) is 7.68. The van der Waals surface area contributed by atoms with Crippen molar-refractivity contribution in [3.05, 3.63) is 42.5 Å². The number of anilines is 1. The van der Waals surface area contributed by atoms with Crippen LogP contribution in [0.3, 0.4) is 0 Å².